The van der Waals surface area contributed by atoms with E-state index >= 15 is 0 Å². The molecule has 0 N–H and O–H groups in total. The van der Waals surface area contributed by atoms with E-state index in [-0.39, 0.29) is 0 Å². The van der Waals surface area contributed by atoms with E-state index in [9.17, 15) is 4.79 Å². The first-order valence-electron chi connectivity index (χ1n) is 5.63. The molecule has 3 nitrogen and oxygen atoms in total. The first kappa shape index (κ1) is 12.6. The Balaban J connectivity index is 2.26. The molecule has 0 unspecified atom stereocenters. The zero-order valence-corrected chi connectivity index (χ0v) is 10.8. The predicted octanol–water partition coefficient (Wildman–Crippen LogP) is 3.02. The standard InChI is InChI=1S/C14H14N2OS/c1-2-8-18-14-15-9-13(11-17)16(14)10-12-6-4-3-5-7-12/h2-7,9,11H,1,8,10H2. The predicted molar refractivity (Wildman–Crippen MR) is 74.1 cm³/mol. The number of hydrogen-bond acceptors (Lipinski definition) is 3. The number of thioether (sulfide) groups is 1. The van der Waals surface area contributed by atoms with Crippen molar-refractivity contribution in [3.63, 3.8) is 0 Å². The molecule has 0 amide bonds. The normalized spacial score (nSPS) is 10.2. The minimum absolute atomic E-state index is 0.602. The van der Waals surface area contributed by atoms with Crippen molar-refractivity contribution in [2.24, 2.45) is 0 Å². The van der Waals surface area contributed by atoms with Gasteiger partial charge < -0.3 is 4.57 Å². The lowest BCUT2D eigenvalue weighted by Crippen LogP contribution is -2.05. The van der Waals surface area contributed by atoms with Crippen LogP contribution in [0.5, 0.6) is 0 Å². The van der Waals surface area contributed by atoms with Gasteiger partial charge in [-0.15, -0.1) is 6.58 Å². The van der Waals surface area contributed by atoms with Crippen molar-refractivity contribution < 1.29 is 4.79 Å². The Kier molecular flexibility index (Phi) is 4.36. The summed E-state index contributed by atoms with van der Waals surface area (Å²) in [5.74, 6) is 0.782. The number of benzene rings is 1. The van der Waals surface area contributed by atoms with E-state index in [0.717, 1.165) is 22.8 Å². The summed E-state index contributed by atoms with van der Waals surface area (Å²) in [7, 11) is 0. The van der Waals surface area contributed by atoms with Gasteiger partial charge in [-0.05, 0) is 5.56 Å². The lowest BCUT2D eigenvalue weighted by atomic mass is 10.2. The van der Waals surface area contributed by atoms with E-state index in [1.807, 2.05) is 41.0 Å². The van der Waals surface area contributed by atoms with E-state index < -0.39 is 0 Å². The minimum atomic E-state index is 0.602. The Morgan fingerprint density at radius 2 is 2.11 bits per heavy atom. The molecule has 0 aliphatic carbocycles. The molecule has 0 saturated carbocycles. The van der Waals surface area contributed by atoms with Crippen LogP contribution in [0.25, 0.3) is 0 Å². The van der Waals surface area contributed by atoms with Crippen LogP contribution in [-0.2, 0) is 6.54 Å². The molecule has 0 aliphatic rings. The average molecular weight is 258 g/mol. The molecule has 0 aliphatic heterocycles. The second-order valence-corrected chi connectivity index (χ2v) is 4.74. The number of hydrogen-bond donors (Lipinski definition) is 0. The Hall–Kier alpha value is -1.81. The van der Waals surface area contributed by atoms with Gasteiger partial charge in [0, 0.05) is 5.75 Å². The zero-order valence-electron chi connectivity index (χ0n) is 9.95. The molecular formula is C14H14N2OS. The quantitative estimate of drug-likeness (QED) is 0.454. The molecule has 0 saturated heterocycles. The summed E-state index contributed by atoms with van der Waals surface area (Å²) in [6, 6.07) is 10.0. The molecule has 4 heteroatoms. The molecule has 0 spiro atoms. The van der Waals surface area contributed by atoms with Gasteiger partial charge in [0.2, 0.25) is 0 Å². The zero-order chi connectivity index (χ0) is 12.8. The largest absolute Gasteiger partial charge is 0.312 e. The summed E-state index contributed by atoms with van der Waals surface area (Å²) in [5.41, 5.74) is 1.75. The highest BCUT2D eigenvalue weighted by Crippen LogP contribution is 2.19. The monoisotopic (exact) mass is 258 g/mol. The molecule has 0 atom stereocenters. The van der Waals surface area contributed by atoms with Crippen LogP contribution in [0, 0.1) is 0 Å². The summed E-state index contributed by atoms with van der Waals surface area (Å²) in [5, 5.41) is 0.848. The van der Waals surface area contributed by atoms with Crippen LogP contribution in [0.15, 0.2) is 54.3 Å². The van der Waals surface area contributed by atoms with E-state index in [0.29, 0.717) is 12.2 Å². The van der Waals surface area contributed by atoms with Gasteiger partial charge in [0.25, 0.3) is 0 Å². The number of aldehydes is 1. The van der Waals surface area contributed by atoms with Gasteiger partial charge in [-0.2, -0.15) is 0 Å². The maximum absolute atomic E-state index is 11.0. The van der Waals surface area contributed by atoms with Crippen molar-refractivity contribution in [1.82, 2.24) is 9.55 Å². The molecule has 2 aromatic rings. The summed E-state index contributed by atoms with van der Waals surface area (Å²) in [6.45, 7) is 4.35. The van der Waals surface area contributed by atoms with Crippen molar-refractivity contribution in [3.05, 3.63) is 60.4 Å². The van der Waals surface area contributed by atoms with Gasteiger partial charge in [-0.1, -0.05) is 48.2 Å². The third kappa shape index (κ3) is 2.90. The maximum atomic E-state index is 11.0. The molecule has 2 rings (SSSR count). The topological polar surface area (TPSA) is 34.9 Å². The molecule has 0 radical (unpaired) electrons. The van der Waals surface area contributed by atoms with Crippen molar-refractivity contribution >= 4 is 18.0 Å². The van der Waals surface area contributed by atoms with Gasteiger partial charge in [-0.25, -0.2) is 4.98 Å². The Labute approximate surface area is 111 Å². The molecular weight excluding hydrogens is 244 g/mol. The van der Waals surface area contributed by atoms with E-state index in [2.05, 4.69) is 11.6 Å². The summed E-state index contributed by atoms with van der Waals surface area (Å²) < 4.78 is 1.93. The highest BCUT2D eigenvalue weighted by Gasteiger charge is 2.09. The number of imidazole rings is 1. The lowest BCUT2D eigenvalue weighted by molar-refractivity contribution is 0.111. The number of nitrogens with zero attached hydrogens (tertiary/aromatic N) is 2. The van der Waals surface area contributed by atoms with Gasteiger partial charge >= 0.3 is 0 Å². The molecule has 18 heavy (non-hydrogen) atoms. The molecule has 92 valence electrons. The molecule has 1 aromatic carbocycles. The van der Waals surface area contributed by atoms with Crippen LogP contribution in [0.4, 0.5) is 0 Å². The first-order chi connectivity index (χ1) is 8.85. The number of carbonyl (C=O) groups is 1. The molecule has 0 fully saturated rings. The highest BCUT2D eigenvalue weighted by molar-refractivity contribution is 7.99. The lowest BCUT2D eigenvalue weighted by Gasteiger charge is -2.08. The fourth-order valence-corrected chi connectivity index (χ4v) is 2.36. The average Bonchev–Trinajstić information content (AvgIpc) is 2.80. The van der Waals surface area contributed by atoms with Gasteiger partial charge in [-0.3, -0.25) is 4.79 Å². The Morgan fingerprint density at radius 3 is 2.78 bits per heavy atom. The second kappa shape index (κ2) is 6.21. The van der Waals surface area contributed by atoms with Crippen LogP contribution >= 0.6 is 11.8 Å². The third-order valence-corrected chi connectivity index (χ3v) is 3.47. The SMILES string of the molecule is C=CCSc1ncc(C=O)n1Cc1ccccc1. The van der Waals surface area contributed by atoms with Gasteiger partial charge in [0.05, 0.1) is 12.7 Å². The maximum Gasteiger partial charge on any atom is 0.169 e. The summed E-state index contributed by atoms with van der Waals surface area (Å²) in [4.78, 5) is 15.3. The van der Waals surface area contributed by atoms with Gasteiger partial charge in [0.15, 0.2) is 11.4 Å². The van der Waals surface area contributed by atoms with Crippen LogP contribution < -0.4 is 0 Å². The van der Waals surface area contributed by atoms with Crippen LogP contribution in [0.3, 0.4) is 0 Å². The number of rotatable bonds is 6. The van der Waals surface area contributed by atoms with E-state index in [1.54, 1.807) is 18.0 Å². The van der Waals surface area contributed by atoms with Crippen molar-refractivity contribution in [2.45, 2.75) is 11.7 Å². The second-order valence-electron chi connectivity index (χ2n) is 3.75. The minimum Gasteiger partial charge on any atom is -0.312 e. The summed E-state index contributed by atoms with van der Waals surface area (Å²) >= 11 is 1.58. The van der Waals surface area contributed by atoms with Crippen LogP contribution in [0.1, 0.15) is 16.1 Å². The smallest absolute Gasteiger partial charge is 0.169 e. The van der Waals surface area contributed by atoms with Crippen molar-refractivity contribution in [3.8, 4) is 0 Å². The molecule has 1 heterocycles. The molecule has 1 aromatic heterocycles. The van der Waals surface area contributed by atoms with E-state index in [1.165, 1.54) is 0 Å². The fourth-order valence-electron chi connectivity index (χ4n) is 1.64. The highest BCUT2D eigenvalue weighted by atomic mass is 32.2. The first-order valence-corrected chi connectivity index (χ1v) is 6.62. The third-order valence-electron chi connectivity index (χ3n) is 2.48. The van der Waals surface area contributed by atoms with Crippen molar-refractivity contribution in [1.29, 1.82) is 0 Å². The van der Waals surface area contributed by atoms with E-state index in [4.69, 9.17) is 0 Å². The summed E-state index contributed by atoms with van der Waals surface area (Å²) in [6.07, 6.45) is 4.28. The van der Waals surface area contributed by atoms with Crippen molar-refractivity contribution in [2.75, 3.05) is 5.75 Å². The Morgan fingerprint density at radius 1 is 1.33 bits per heavy atom. The fraction of sp³-hybridized carbons (Fsp3) is 0.143. The molecule has 0 bridgehead atoms. The number of aromatic nitrogens is 2. The Bertz CT molecular complexity index is 534. The van der Waals surface area contributed by atoms with Crippen LogP contribution in [-0.4, -0.2) is 21.6 Å². The van der Waals surface area contributed by atoms with Gasteiger partial charge in [0.1, 0.15) is 5.69 Å². The number of carbonyl (C=O) groups excluding carboxylic acids is 1. The van der Waals surface area contributed by atoms with Crippen LogP contribution in [0.2, 0.25) is 0 Å².